The average Bonchev–Trinajstić information content (AvgIpc) is 2.86. The summed E-state index contributed by atoms with van der Waals surface area (Å²) in [5.74, 6) is -1.16. The summed E-state index contributed by atoms with van der Waals surface area (Å²) in [6, 6.07) is 3.92. The van der Waals surface area contributed by atoms with Gasteiger partial charge in [0.25, 0.3) is 0 Å². The normalized spacial score (nSPS) is 11.2. The van der Waals surface area contributed by atoms with Crippen LogP contribution in [-0.2, 0) is 16.0 Å². The second-order valence-corrected chi connectivity index (χ2v) is 5.25. The van der Waals surface area contributed by atoms with Crippen molar-refractivity contribution >= 4 is 23.2 Å². The van der Waals surface area contributed by atoms with Crippen molar-refractivity contribution in [3.05, 3.63) is 22.4 Å². The molecule has 5 heteroatoms. The Kier molecular flexibility index (Phi) is 5.34. The molecule has 1 aromatic heterocycles. The van der Waals surface area contributed by atoms with Gasteiger partial charge in [0.1, 0.15) is 5.54 Å². The minimum Gasteiger partial charge on any atom is -0.480 e. The van der Waals surface area contributed by atoms with Gasteiger partial charge in [0.15, 0.2) is 0 Å². The first-order chi connectivity index (χ1) is 8.54. The van der Waals surface area contributed by atoms with Crippen molar-refractivity contribution in [3.8, 4) is 0 Å². The third kappa shape index (κ3) is 3.57. The van der Waals surface area contributed by atoms with Crippen molar-refractivity contribution in [2.24, 2.45) is 0 Å². The van der Waals surface area contributed by atoms with Crippen LogP contribution in [0.5, 0.6) is 0 Å². The molecule has 1 aromatic rings. The zero-order chi connectivity index (χ0) is 13.6. The molecule has 1 amide bonds. The first kappa shape index (κ1) is 14.7. The standard InChI is InChI=1S/C13H19NO3S/c1-3-13(4-2,12(16)17)14-11(15)8-7-10-6-5-9-18-10/h5-6,9H,3-4,7-8H2,1-2H3,(H,14,15)(H,16,17). The van der Waals surface area contributed by atoms with Crippen LogP contribution in [0.3, 0.4) is 0 Å². The number of thiophene rings is 1. The highest BCUT2D eigenvalue weighted by molar-refractivity contribution is 7.09. The van der Waals surface area contributed by atoms with Crippen molar-refractivity contribution in [2.75, 3.05) is 0 Å². The maximum atomic E-state index is 11.8. The predicted octanol–water partition coefficient (Wildman–Crippen LogP) is 2.44. The fourth-order valence-electron chi connectivity index (χ4n) is 1.80. The van der Waals surface area contributed by atoms with Crippen molar-refractivity contribution < 1.29 is 14.7 Å². The van der Waals surface area contributed by atoms with E-state index < -0.39 is 11.5 Å². The quantitative estimate of drug-likeness (QED) is 0.799. The molecule has 1 heterocycles. The number of hydrogen-bond acceptors (Lipinski definition) is 3. The van der Waals surface area contributed by atoms with Crippen LogP contribution in [0.4, 0.5) is 0 Å². The fourth-order valence-corrected chi connectivity index (χ4v) is 2.51. The van der Waals surface area contributed by atoms with E-state index in [0.717, 1.165) is 4.88 Å². The van der Waals surface area contributed by atoms with Crippen LogP contribution in [0.2, 0.25) is 0 Å². The molecule has 18 heavy (non-hydrogen) atoms. The molecule has 0 aromatic carbocycles. The van der Waals surface area contributed by atoms with E-state index in [2.05, 4.69) is 5.32 Å². The summed E-state index contributed by atoms with van der Waals surface area (Å²) in [7, 11) is 0. The lowest BCUT2D eigenvalue weighted by molar-refractivity contribution is -0.148. The molecule has 2 N–H and O–H groups in total. The van der Waals surface area contributed by atoms with Crippen LogP contribution < -0.4 is 5.32 Å². The van der Waals surface area contributed by atoms with E-state index in [9.17, 15) is 14.7 Å². The number of carboxylic acids is 1. The highest BCUT2D eigenvalue weighted by Gasteiger charge is 2.36. The predicted molar refractivity (Wildman–Crippen MR) is 71.7 cm³/mol. The summed E-state index contributed by atoms with van der Waals surface area (Å²) >= 11 is 1.60. The SMILES string of the molecule is CCC(CC)(NC(=O)CCc1cccs1)C(=O)O. The van der Waals surface area contributed by atoms with Gasteiger partial charge in [-0.3, -0.25) is 4.79 Å². The monoisotopic (exact) mass is 269 g/mol. The van der Waals surface area contributed by atoms with Gasteiger partial charge < -0.3 is 10.4 Å². The Hall–Kier alpha value is -1.36. The lowest BCUT2D eigenvalue weighted by Gasteiger charge is -2.28. The first-order valence-electron chi connectivity index (χ1n) is 6.11. The highest BCUT2D eigenvalue weighted by atomic mass is 32.1. The fraction of sp³-hybridized carbons (Fsp3) is 0.538. The molecule has 0 saturated carbocycles. The Balaban J connectivity index is 2.54. The molecule has 0 saturated heterocycles. The number of hydrogen-bond donors (Lipinski definition) is 2. The Labute approximate surface area is 111 Å². The van der Waals surface area contributed by atoms with Crippen LogP contribution in [-0.4, -0.2) is 22.5 Å². The Bertz CT molecular complexity index is 396. The molecule has 1 rings (SSSR count). The molecule has 0 bridgehead atoms. The van der Waals surface area contributed by atoms with Crippen molar-refractivity contribution in [1.82, 2.24) is 5.32 Å². The van der Waals surface area contributed by atoms with Gasteiger partial charge in [0.2, 0.25) is 5.91 Å². The van der Waals surface area contributed by atoms with Crippen LogP contribution in [0, 0.1) is 0 Å². The average molecular weight is 269 g/mol. The Morgan fingerprint density at radius 3 is 2.50 bits per heavy atom. The van der Waals surface area contributed by atoms with E-state index in [-0.39, 0.29) is 5.91 Å². The van der Waals surface area contributed by atoms with Crippen molar-refractivity contribution in [2.45, 2.75) is 45.1 Å². The van der Waals surface area contributed by atoms with Crippen molar-refractivity contribution in [3.63, 3.8) is 0 Å². The van der Waals surface area contributed by atoms with Gasteiger partial charge in [-0.2, -0.15) is 0 Å². The number of amides is 1. The smallest absolute Gasteiger partial charge is 0.329 e. The van der Waals surface area contributed by atoms with E-state index in [1.807, 2.05) is 17.5 Å². The summed E-state index contributed by atoms with van der Waals surface area (Å²) in [6.45, 7) is 3.55. The first-order valence-corrected chi connectivity index (χ1v) is 6.99. The zero-order valence-corrected chi connectivity index (χ0v) is 11.5. The number of aliphatic carboxylic acids is 1. The molecule has 0 aliphatic rings. The molecule has 0 radical (unpaired) electrons. The Morgan fingerprint density at radius 1 is 1.39 bits per heavy atom. The van der Waals surface area contributed by atoms with E-state index in [4.69, 9.17) is 0 Å². The lowest BCUT2D eigenvalue weighted by Crippen LogP contribution is -2.53. The molecule has 4 nitrogen and oxygen atoms in total. The minimum absolute atomic E-state index is 0.200. The van der Waals surface area contributed by atoms with Gasteiger partial charge in [-0.15, -0.1) is 11.3 Å². The van der Waals surface area contributed by atoms with E-state index in [1.165, 1.54) is 0 Å². The number of nitrogens with one attached hydrogen (secondary N) is 1. The summed E-state index contributed by atoms with van der Waals surface area (Å²) in [5.41, 5.74) is -1.12. The summed E-state index contributed by atoms with van der Waals surface area (Å²) < 4.78 is 0. The highest BCUT2D eigenvalue weighted by Crippen LogP contribution is 2.16. The van der Waals surface area contributed by atoms with Crippen LogP contribution in [0.25, 0.3) is 0 Å². The topological polar surface area (TPSA) is 66.4 Å². The second-order valence-electron chi connectivity index (χ2n) is 4.22. The summed E-state index contributed by atoms with van der Waals surface area (Å²) in [5, 5.41) is 13.8. The van der Waals surface area contributed by atoms with Crippen LogP contribution in [0.1, 0.15) is 38.0 Å². The zero-order valence-electron chi connectivity index (χ0n) is 10.7. The van der Waals surface area contributed by atoms with Gasteiger partial charge in [0.05, 0.1) is 0 Å². The lowest BCUT2D eigenvalue weighted by atomic mass is 9.92. The number of carboxylic acid groups (broad SMARTS) is 1. The van der Waals surface area contributed by atoms with E-state index >= 15 is 0 Å². The maximum absolute atomic E-state index is 11.8. The molecule has 0 spiro atoms. The van der Waals surface area contributed by atoms with E-state index in [0.29, 0.717) is 25.7 Å². The van der Waals surface area contributed by atoms with Crippen LogP contribution in [0.15, 0.2) is 17.5 Å². The molecule has 0 unspecified atom stereocenters. The molecular formula is C13H19NO3S. The maximum Gasteiger partial charge on any atom is 0.329 e. The molecule has 100 valence electrons. The number of aryl methyl sites for hydroxylation is 1. The number of rotatable bonds is 7. The second kappa shape index (κ2) is 6.54. The van der Waals surface area contributed by atoms with Gasteiger partial charge >= 0.3 is 5.97 Å². The summed E-state index contributed by atoms with van der Waals surface area (Å²) in [4.78, 5) is 24.2. The molecular weight excluding hydrogens is 250 g/mol. The molecule has 0 aliphatic heterocycles. The summed E-state index contributed by atoms with van der Waals surface area (Å²) in [6.07, 6.45) is 1.77. The van der Waals surface area contributed by atoms with Crippen molar-refractivity contribution in [1.29, 1.82) is 0 Å². The molecule has 0 aliphatic carbocycles. The number of carbonyl (C=O) groups is 2. The largest absolute Gasteiger partial charge is 0.480 e. The third-order valence-corrected chi connectivity index (χ3v) is 4.11. The van der Waals surface area contributed by atoms with Gasteiger partial charge in [-0.05, 0) is 30.7 Å². The minimum atomic E-state index is -1.12. The Morgan fingerprint density at radius 2 is 2.06 bits per heavy atom. The number of carbonyl (C=O) groups excluding carboxylic acids is 1. The van der Waals surface area contributed by atoms with Crippen LogP contribution >= 0.6 is 11.3 Å². The molecule has 0 fully saturated rings. The van der Waals surface area contributed by atoms with Gasteiger partial charge in [0, 0.05) is 11.3 Å². The molecule has 0 atom stereocenters. The van der Waals surface area contributed by atoms with E-state index in [1.54, 1.807) is 25.2 Å². The third-order valence-electron chi connectivity index (χ3n) is 3.17. The van der Waals surface area contributed by atoms with Gasteiger partial charge in [-0.25, -0.2) is 4.79 Å². The van der Waals surface area contributed by atoms with Gasteiger partial charge in [-0.1, -0.05) is 19.9 Å².